The number of hydrogen-bond donors (Lipinski definition) is 1. The molecule has 1 N–H and O–H groups in total. The van der Waals surface area contributed by atoms with Crippen LogP contribution in [0.1, 0.15) is 30.9 Å². The summed E-state index contributed by atoms with van der Waals surface area (Å²) in [5.41, 5.74) is 4.55. The molecule has 0 saturated heterocycles. The van der Waals surface area contributed by atoms with Gasteiger partial charge in [0.15, 0.2) is 0 Å². The van der Waals surface area contributed by atoms with Crippen LogP contribution in [-0.4, -0.2) is 34.2 Å². The molecular weight excluding hydrogens is 438 g/mol. The van der Waals surface area contributed by atoms with E-state index in [1.165, 1.54) is 18.3 Å². The molecule has 0 aromatic heterocycles. The number of nitrogens with zero attached hydrogens (tertiary/aromatic N) is 2. The van der Waals surface area contributed by atoms with Crippen LogP contribution in [-0.2, 0) is 14.8 Å². The van der Waals surface area contributed by atoms with Crippen molar-refractivity contribution in [3.63, 3.8) is 0 Å². The van der Waals surface area contributed by atoms with Gasteiger partial charge in [-0.15, -0.1) is 0 Å². The number of sulfonamides is 1. The van der Waals surface area contributed by atoms with Gasteiger partial charge in [-0.25, -0.2) is 13.8 Å². The summed E-state index contributed by atoms with van der Waals surface area (Å²) in [4.78, 5) is 12.8. The van der Waals surface area contributed by atoms with Crippen LogP contribution in [0, 0.1) is 0 Å². The molecule has 1 amide bonds. The largest absolute Gasteiger partial charge is 0.496 e. The Bertz CT molecular complexity index is 1210. The van der Waals surface area contributed by atoms with Crippen molar-refractivity contribution in [3.8, 4) is 5.75 Å². The van der Waals surface area contributed by atoms with E-state index in [4.69, 9.17) is 4.74 Å². The van der Waals surface area contributed by atoms with E-state index in [1.807, 2.05) is 24.3 Å². The van der Waals surface area contributed by atoms with Crippen LogP contribution in [0.5, 0.6) is 5.75 Å². The molecule has 0 aliphatic heterocycles. The van der Waals surface area contributed by atoms with Crippen LogP contribution in [0.15, 0.2) is 88.9 Å². The standard InChI is InChI=1S/C25H27N3O4S/c1-19(2)20-13-15-22(16-14-20)28(33(30,31)23-10-5-4-6-11-23)18-25(29)27-26-17-21-9-7-8-12-24(21)32-3/h4-17,19H,18H2,1-3H3,(H,27,29)/b26-17-. The maximum Gasteiger partial charge on any atom is 0.264 e. The molecule has 0 aliphatic rings. The maximum atomic E-state index is 13.4. The van der Waals surface area contributed by atoms with Gasteiger partial charge < -0.3 is 4.74 Å². The van der Waals surface area contributed by atoms with Gasteiger partial charge in [0.25, 0.3) is 15.9 Å². The Hall–Kier alpha value is -3.65. The Kier molecular flexibility index (Phi) is 7.84. The quantitative estimate of drug-likeness (QED) is 0.380. The molecule has 33 heavy (non-hydrogen) atoms. The summed E-state index contributed by atoms with van der Waals surface area (Å²) < 4.78 is 33.1. The Morgan fingerprint density at radius 2 is 1.64 bits per heavy atom. The fraction of sp³-hybridized carbons (Fsp3) is 0.200. The molecule has 0 spiro atoms. The van der Waals surface area contributed by atoms with Crippen LogP contribution in [0.25, 0.3) is 0 Å². The molecule has 3 rings (SSSR count). The Morgan fingerprint density at radius 3 is 2.27 bits per heavy atom. The SMILES string of the molecule is COc1ccccc1/C=N\NC(=O)CN(c1ccc(C(C)C)cc1)S(=O)(=O)c1ccccc1. The molecule has 0 heterocycles. The average molecular weight is 466 g/mol. The van der Waals surface area contributed by atoms with Crippen molar-refractivity contribution in [2.75, 3.05) is 18.0 Å². The van der Waals surface area contributed by atoms with Crippen molar-refractivity contribution in [3.05, 3.63) is 90.0 Å². The first-order chi connectivity index (χ1) is 15.8. The second kappa shape index (κ2) is 10.8. The second-order valence-electron chi connectivity index (χ2n) is 7.61. The van der Waals surface area contributed by atoms with E-state index >= 15 is 0 Å². The molecule has 7 nitrogen and oxygen atoms in total. The van der Waals surface area contributed by atoms with Gasteiger partial charge in [0, 0.05) is 5.56 Å². The highest BCUT2D eigenvalue weighted by molar-refractivity contribution is 7.92. The number of para-hydroxylation sites is 1. The van der Waals surface area contributed by atoms with Crippen molar-refractivity contribution in [1.82, 2.24) is 5.43 Å². The first kappa shape index (κ1) is 24.0. The van der Waals surface area contributed by atoms with Gasteiger partial charge >= 0.3 is 0 Å². The maximum absolute atomic E-state index is 13.4. The van der Waals surface area contributed by atoms with Crippen LogP contribution in [0.3, 0.4) is 0 Å². The van der Waals surface area contributed by atoms with E-state index in [0.717, 1.165) is 9.87 Å². The lowest BCUT2D eigenvalue weighted by atomic mass is 10.0. The second-order valence-corrected chi connectivity index (χ2v) is 9.47. The number of carbonyl (C=O) groups is 1. The molecule has 0 saturated carbocycles. The fourth-order valence-electron chi connectivity index (χ4n) is 3.17. The molecule has 0 unspecified atom stereocenters. The lowest BCUT2D eigenvalue weighted by Gasteiger charge is -2.24. The van der Waals surface area contributed by atoms with Crippen molar-refractivity contribution in [2.24, 2.45) is 5.10 Å². The predicted octanol–water partition coefficient (Wildman–Crippen LogP) is 4.16. The Morgan fingerprint density at radius 1 is 1.00 bits per heavy atom. The van der Waals surface area contributed by atoms with E-state index in [2.05, 4.69) is 24.4 Å². The summed E-state index contributed by atoms with van der Waals surface area (Å²) in [7, 11) is -2.43. The molecular formula is C25H27N3O4S. The first-order valence-electron chi connectivity index (χ1n) is 10.5. The van der Waals surface area contributed by atoms with Crippen molar-refractivity contribution in [1.29, 1.82) is 0 Å². The van der Waals surface area contributed by atoms with Gasteiger partial charge in [0.1, 0.15) is 12.3 Å². The minimum absolute atomic E-state index is 0.100. The van der Waals surface area contributed by atoms with E-state index < -0.39 is 22.5 Å². The Balaban J connectivity index is 1.85. The third-order valence-corrected chi connectivity index (χ3v) is 6.79. The first-order valence-corrected chi connectivity index (χ1v) is 11.9. The van der Waals surface area contributed by atoms with Crippen LogP contribution >= 0.6 is 0 Å². The zero-order chi connectivity index (χ0) is 23.8. The number of hydrogen-bond acceptors (Lipinski definition) is 5. The number of methoxy groups -OCH3 is 1. The normalized spacial score (nSPS) is 11.5. The number of nitrogens with one attached hydrogen (secondary N) is 1. The van der Waals surface area contributed by atoms with Crippen molar-refractivity contribution < 1.29 is 17.9 Å². The van der Waals surface area contributed by atoms with Gasteiger partial charge in [-0.05, 0) is 47.9 Å². The highest BCUT2D eigenvalue weighted by Crippen LogP contribution is 2.25. The Labute approximate surface area is 194 Å². The number of benzene rings is 3. The number of anilines is 1. The van der Waals surface area contributed by atoms with E-state index in [-0.39, 0.29) is 4.90 Å². The predicted molar refractivity (Wildman–Crippen MR) is 130 cm³/mol. The minimum atomic E-state index is -3.97. The topological polar surface area (TPSA) is 88.1 Å². The molecule has 3 aromatic carbocycles. The molecule has 0 bridgehead atoms. The molecule has 3 aromatic rings. The fourth-order valence-corrected chi connectivity index (χ4v) is 4.61. The van der Waals surface area contributed by atoms with Crippen LogP contribution in [0.2, 0.25) is 0 Å². The van der Waals surface area contributed by atoms with Crippen molar-refractivity contribution >= 4 is 27.8 Å². The van der Waals surface area contributed by atoms with Gasteiger partial charge in [0.2, 0.25) is 0 Å². The molecule has 0 fully saturated rings. The molecule has 0 aliphatic carbocycles. The summed E-state index contributed by atoms with van der Waals surface area (Å²) >= 11 is 0. The molecule has 0 atom stereocenters. The minimum Gasteiger partial charge on any atom is -0.496 e. The number of ether oxygens (including phenoxy) is 1. The molecule has 172 valence electrons. The van der Waals surface area contributed by atoms with E-state index in [9.17, 15) is 13.2 Å². The lowest BCUT2D eigenvalue weighted by Crippen LogP contribution is -2.39. The number of rotatable bonds is 9. The van der Waals surface area contributed by atoms with Gasteiger partial charge in [-0.3, -0.25) is 9.10 Å². The smallest absolute Gasteiger partial charge is 0.264 e. The van der Waals surface area contributed by atoms with Crippen molar-refractivity contribution in [2.45, 2.75) is 24.7 Å². The number of carbonyl (C=O) groups excluding carboxylic acids is 1. The third-order valence-electron chi connectivity index (χ3n) is 5.00. The molecule has 0 radical (unpaired) electrons. The highest BCUT2D eigenvalue weighted by atomic mass is 32.2. The van der Waals surface area contributed by atoms with Crippen LogP contribution in [0.4, 0.5) is 5.69 Å². The van der Waals surface area contributed by atoms with Gasteiger partial charge in [-0.1, -0.05) is 56.3 Å². The summed E-state index contributed by atoms with van der Waals surface area (Å²) in [5, 5.41) is 3.96. The van der Waals surface area contributed by atoms with E-state index in [0.29, 0.717) is 22.9 Å². The summed E-state index contributed by atoms with van der Waals surface area (Å²) in [5.74, 6) is 0.327. The summed E-state index contributed by atoms with van der Waals surface area (Å²) in [6.07, 6.45) is 1.45. The zero-order valence-corrected chi connectivity index (χ0v) is 19.6. The molecule has 8 heteroatoms. The van der Waals surface area contributed by atoms with Gasteiger partial charge in [-0.2, -0.15) is 5.10 Å². The average Bonchev–Trinajstić information content (AvgIpc) is 2.83. The number of hydrazone groups is 1. The van der Waals surface area contributed by atoms with Gasteiger partial charge in [0.05, 0.1) is 23.9 Å². The summed E-state index contributed by atoms with van der Waals surface area (Å²) in [6, 6.07) is 22.4. The zero-order valence-electron chi connectivity index (χ0n) is 18.8. The third kappa shape index (κ3) is 5.98. The number of amides is 1. The highest BCUT2D eigenvalue weighted by Gasteiger charge is 2.27. The van der Waals surface area contributed by atoms with Crippen LogP contribution < -0.4 is 14.5 Å². The summed E-state index contributed by atoms with van der Waals surface area (Å²) in [6.45, 7) is 3.68. The lowest BCUT2D eigenvalue weighted by molar-refractivity contribution is -0.119. The van der Waals surface area contributed by atoms with E-state index in [1.54, 1.807) is 49.6 Å². The monoisotopic (exact) mass is 465 g/mol.